The predicted octanol–water partition coefficient (Wildman–Crippen LogP) is -1.34. The Balaban J connectivity index is 0. The third-order valence-electron chi connectivity index (χ3n) is 6.41. The number of aliphatic hydroxyl groups is 6. The largest absolute Gasteiger partial charge is 0.394 e. The zero-order valence-corrected chi connectivity index (χ0v) is 56.0. The van der Waals surface area contributed by atoms with Crippen LogP contribution in [0.4, 0.5) is 0 Å². The Morgan fingerprint density at radius 1 is 0.702 bits per heavy atom. The molecule has 0 saturated carbocycles. The number of aromatic nitrogens is 8. The van der Waals surface area contributed by atoms with Gasteiger partial charge in [-0.3, -0.25) is 9.13 Å². The van der Waals surface area contributed by atoms with Crippen molar-refractivity contribution in [1.29, 1.82) is 5.26 Å². The van der Waals surface area contributed by atoms with Gasteiger partial charge in [-0.1, -0.05) is 23.2 Å². The molecule has 2 fully saturated rings. The Labute approximate surface area is 505 Å². The Morgan fingerprint density at radius 2 is 1.11 bits per heavy atom. The van der Waals surface area contributed by atoms with Crippen molar-refractivity contribution in [3.05, 3.63) is 32.6 Å². The van der Waals surface area contributed by atoms with Gasteiger partial charge in [0.1, 0.15) is 53.7 Å². The maximum atomic E-state index is 10.0. The number of imidazole rings is 2. The molecular weight excluding hydrogens is 2070 g/mol. The first-order valence-corrected chi connectivity index (χ1v) is 13.5. The molecule has 6 rings (SSSR count). The molecule has 0 aromatic carbocycles. The van der Waals surface area contributed by atoms with Crippen molar-refractivity contribution in [2.24, 2.45) is 0 Å². The van der Waals surface area contributed by atoms with Crippen molar-refractivity contribution in [2.45, 2.75) is 49.1 Å². The van der Waals surface area contributed by atoms with Gasteiger partial charge in [-0.05, 0) is 0 Å². The van der Waals surface area contributed by atoms with E-state index >= 15 is 0 Å². The molecule has 2 aliphatic rings. The Hall–Kier alpha value is 6.23. The van der Waals surface area contributed by atoms with Crippen LogP contribution in [0.5, 0.6) is 0 Å². The second-order valence-electron chi connectivity index (χ2n) is 8.84. The molecular formula is C21H20Ac6Cl2IN9O8. The van der Waals surface area contributed by atoms with Crippen molar-refractivity contribution in [3.8, 4) is 6.07 Å². The van der Waals surface area contributed by atoms with Crippen LogP contribution in [0.15, 0.2) is 12.7 Å². The summed E-state index contributed by atoms with van der Waals surface area (Å²) < 4.78 is 14.1. The molecule has 47 heavy (non-hydrogen) atoms. The van der Waals surface area contributed by atoms with E-state index in [0.717, 1.165) is 0 Å². The third kappa shape index (κ3) is 12.6. The van der Waals surface area contributed by atoms with Crippen molar-refractivity contribution < 1.29 is 304 Å². The monoisotopic (exact) mass is 2090 g/mol. The van der Waals surface area contributed by atoms with Crippen LogP contribution < -0.4 is 0 Å². The zero-order chi connectivity index (χ0) is 29.6. The molecule has 6 heterocycles. The van der Waals surface area contributed by atoms with Crippen LogP contribution in [0, 0.1) is 280 Å². The summed E-state index contributed by atoms with van der Waals surface area (Å²) in [6, 6.07) is 1.77. The standard InChI is InChI=1S/C11H10ClN5O4.C10H10ClIN4O4.6Ac/c12-9-6-10(16-5(1-13)15-9)17(3-14-6)11-8(20)7(19)4(2-18)21-11;11-7-4-8(15-10(12)14-7)16(2-13-4)9-6(19)5(18)3(1-17)20-9;;;;;;/h3-4,7-8,11,18-20H,2H2;2-3,5-6,9,17-19H,1H2;;;;;;/t4-,7?,8?,11?;3-,5?,6?,9?;;;;;;/m11....../s1. The average molecular weight is 2090 g/mol. The minimum Gasteiger partial charge on any atom is -0.394 e. The van der Waals surface area contributed by atoms with Gasteiger partial charge < -0.3 is 40.1 Å². The molecule has 8 atom stereocenters. The van der Waals surface area contributed by atoms with Crippen LogP contribution in [0.3, 0.4) is 0 Å². The molecule has 26 heteroatoms. The predicted molar refractivity (Wildman–Crippen MR) is 144 cm³/mol. The summed E-state index contributed by atoms with van der Waals surface area (Å²) in [5.41, 5.74) is 1.21. The van der Waals surface area contributed by atoms with Crippen LogP contribution >= 0.6 is 45.8 Å². The molecule has 0 spiro atoms. The fourth-order valence-corrected chi connectivity index (χ4v) is 5.42. The molecule has 2 saturated heterocycles. The molecule has 17 nitrogen and oxygen atoms in total. The van der Waals surface area contributed by atoms with Gasteiger partial charge >= 0.3 is 0 Å². The number of ether oxygens (including phenoxy) is 2. The first-order chi connectivity index (χ1) is 19.6. The molecule has 4 aromatic heterocycles. The van der Waals surface area contributed by atoms with Crippen LogP contribution in [0.1, 0.15) is 18.3 Å². The van der Waals surface area contributed by atoms with E-state index < -0.39 is 62.3 Å². The van der Waals surface area contributed by atoms with Crippen molar-refractivity contribution in [3.63, 3.8) is 0 Å². The number of halogens is 3. The van der Waals surface area contributed by atoms with Crippen molar-refractivity contribution >= 4 is 68.1 Å². The molecule has 0 aliphatic carbocycles. The molecule has 2 aliphatic heterocycles. The van der Waals surface area contributed by atoms with E-state index in [0.29, 0.717) is 15.0 Å². The molecule has 4 aromatic rings. The van der Waals surface area contributed by atoms with Crippen LogP contribution in [-0.2, 0) is 9.47 Å². The van der Waals surface area contributed by atoms with E-state index in [4.69, 9.17) is 48.2 Å². The molecule has 6 unspecified atom stereocenters. The number of fused-ring (bicyclic) bond motifs is 2. The summed E-state index contributed by atoms with van der Waals surface area (Å²) in [7, 11) is 0. The van der Waals surface area contributed by atoms with Gasteiger partial charge in [-0.25, -0.2) is 24.9 Å². The van der Waals surface area contributed by atoms with E-state index in [-0.39, 0.29) is 292 Å². The summed E-state index contributed by atoms with van der Waals surface area (Å²) in [6.07, 6.45) is -5.86. The maximum absolute atomic E-state index is 10.0. The summed E-state index contributed by atoms with van der Waals surface area (Å²) in [5, 5.41) is 66.9. The van der Waals surface area contributed by atoms with Gasteiger partial charge in [-0.15, -0.1) is 0 Å². The van der Waals surface area contributed by atoms with E-state index in [1.807, 2.05) is 22.6 Å². The Morgan fingerprint density at radius 3 is 1.49 bits per heavy atom. The molecule has 236 valence electrons. The zero-order valence-electron chi connectivity index (χ0n) is 23.8. The molecule has 0 bridgehead atoms. The maximum Gasteiger partial charge on any atom is 0.235 e. The molecule has 6 radical (unpaired) electrons. The number of hydrogen-bond donors (Lipinski definition) is 6. The van der Waals surface area contributed by atoms with Crippen LogP contribution in [-0.4, -0.2) is 120 Å². The number of aliphatic hydroxyl groups excluding tert-OH is 6. The van der Waals surface area contributed by atoms with Gasteiger partial charge in [0, 0.05) is 287 Å². The van der Waals surface area contributed by atoms with Crippen LogP contribution in [0.25, 0.3) is 22.3 Å². The van der Waals surface area contributed by atoms with Gasteiger partial charge in [0.15, 0.2) is 37.9 Å². The number of nitriles is 1. The molecule has 0 amide bonds. The SMILES string of the molecule is N#Cc1nc(Cl)c2ncn(C3O[C@H](CO)C(O)C3O)c2n1.OC[C@H]1OC(n2cnc3c(Cl)nc(I)nc32)C(O)C1O.[Ac].[Ac].[Ac].[Ac].[Ac].[Ac]. The second-order valence-corrected chi connectivity index (χ2v) is 10.5. The Bertz CT molecular complexity index is 1650. The van der Waals surface area contributed by atoms with E-state index in [1.54, 1.807) is 6.07 Å². The van der Waals surface area contributed by atoms with Gasteiger partial charge in [-0.2, -0.15) is 10.2 Å². The van der Waals surface area contributed by atoms with E-state index in [1.165, 1.54) is 21.8 Å². The van der Waals surface area contributed by atoms with Crippen molar-refractivity contribution in [1.82, 2.24) is 39.0 Å². The Kier molecular flexibility index (Phi) is 30.1. The number of nitrogens with zero attached hydrogens (tertiary/aromatic N) is 9. The van der Waals surface area contributed by atoms with Gasteiger partial charge in [0.2, 0.25) is 5.82 Å². The molecule has 6 N–H and O–H groups in total. The topological polar surface area (TPSA) is 251 Å². The van der Waals surface area contributed by atoms with E-state index in [2.05, 4.69) is 29.9 Å². The summed E-state index contributed by atoms with van der Waals surface area (Å²) in [6.45, 7) is -0.838. The minimum atomic E-state index is -1.28. The second kappa shape index (κ2) is 25.6. The minimum absolute atomic E-state index is 0. The van der Waals surface area contributed by atoms with Crippen LogP contribution in [0.2, 0.25) is 10.3 Å². The first-order valence-electron chi connectivity index (χ1n) is 11.7. The normalized spacial score (nSPS) is 25.8. The summed E-state index contributed by atoms with van der Waals surface area (Å²) >= 11 is 13.8. The fourth-order valence-electron chi connectivity index (χ4n) is 4.38. The summed E-state index contributed by atoms with van der Waals surface area (Å²) in [5.74, 6) is -0.152. The first kappa shape index (κ1) is 55.3. The van der Waals surface area contributed by atoms with Gasteiger partial charge in [0.25, 0.3) is 0 Å². The number of rotatable bonds is 4. The number of hydrogen-bond acceptors (Lipinski definition) is 15. The summed E-state index contributed by atoms with van der Waals surface area (Å²) in [4.78, 5) is 24.0. The fraction of sp³-hybridized carbons (Fsp3) is 0.476. The van der Waals surface area contributed by atoms with E-state index in [9.17, 15) is 20.4 Å². The third-order valence-corrected chi connectivity index (χ3v) is 7.42. The smallest absolute Gasteiger partial charge is 0.235 e. The van der Waals surface area contributed by atoms with Crippen molar-refractivity contribution in [2.75, 3.05) is 13.2 Å². The quantitative estimate of drug-likeness (QED) is 0.0787. The van der Waals surface area contributed by atoms with Gasteiger partial charge in [0.05, 0.1) is 25.9 Å². The average Bonchev–Trinajstić information content (AvgIpc) is 3.70.